The van der Waals surface area contributed by atoms with E-state index in [9.17, 15) is 23.1 Å². The standard InChI is InChI=1S/C13H21F3O4/c1-3-4-5-6-10(18)19-12-8(2)7-9(17)11(20-12)13(14,15)16/h8-9,11-12,17H,3-7H2,1-2H3. The van der Waals surface area contributed by atoms with E-state index < -0.39 is 36.6 Å². The Morgan fingerprint density at radius 2 is 2.05 bits per heavy atom. The summed E-state index contributed by atoms with van der Waals surface area (Å²) >= 11 is 0. The second-order valence-electron chi connectivity index (χ2n) is 5.19. The Morgan fingerprint density at radius 1 is 1.40 bits per heavy atom. The summed E-state index contributed by atoms with van der Waals surface area (Å²) in [6.45, 7) is 3.56. The molecule has 0 saturated carbocycles. The molecule has 0 radical (unpaired) electrons. The highest BCUT2D eigenvalue weighted by Gasteiger charge is 2.51. The van der Waals surface area contributed by atoms with Gasteiger partial charge in [-0.05, 0) is 12.8 Å². The Balaban J connectivity index is 2.54. The van der Waals surface area contributed by atoms with Crippen molar-refractivity contribution in [3.8, 4) is 0 Å². The van der Waals surface area contributed by atoms with E-state index in [1.807, 2.05) is 6.92 Å². The van der Waals surface area contributed by atoms with Crippen molar-refractivity contribution in [2.24, 2.45) is 5.92 Å². The molecule has 0 spiro atoms. The molecule has 0 aromatic carbocycles. The second-order valence-corrected chi connectivity index (χ2v) is 5.19. The molecule has 0 aliphatic carbocycles. The normalized spacial score (nSPS) is 31.1. The van der Waals surface area contributed by atoms with Crippen molar-refractivity contribution in [1.29, 1.82) is 0 Å². The first-order valence-corrected chi connectivity index (χ1v) is 6.85. The number of rotatable bonds is 5. The fraction of sp³-hybridized carbons (Fsp3) is 0.923. The first-order valence-electron chi connectivity index (χ1n) is 6.85. The smallest absolute Gasteiger partial charge is 0.417 e. The molecule has 1 fully saturated rings. The quantitative estimate of drug-likeness (QED) is 0.626. The van der Waals surface area contributed by atoms with E-state index >= 15 is 0 Å². The summed E-state index contributed by atoms with van der Waals surface area (Å²) in [5, 5.41) is 9.41. The number of carbonyl (C=O) groups is 1. The molecule has 4 unspecified atom stereocenters. The van der Waals surface area contributed by atoms with Gasteiger partial charge in [0.15, 0.2) is 6.10 Å². The number of aliphatic hydroxyl groups is 1. The van der Waals surface area contributed by atoms with E-state index in [-0.39, 0.29) is 12.8 Å². The molecule has 0 bridgehead atoms. The van der Waals surface area contributed by atoms with Crippen molar-refractivity contribution in [3.63, 3.8) is 0 Å². The molecule has 0 amide bonds. The van der Waals surface area contributed by atoms with Gasteiger partial charge >= 0.3 is 12.1 Å². The van der Waals surface area contributed by atoms with Crippen LogP contribution in [0.4, 0.5) is 13.2 Å². The molecule has 7 heteroatoms. The van der Waals surface area contributed by atoms with Gasteiger partial charge in [-0.2, -0.15) is 13.2 Å². The molecule has 1 saturated heterocycles. The minimum Gasteiger partial charge on any atom is -0.435 e. The molecule has 20 heavy (non-hydrogen) atoms. The van der Waals surface area contributed by atoms with Gasteiger partial charge in [0.05, 0.1) is 6.10 Å². The van der Waals surface area contributed by atoms with Crippen LogP contribution < -0.4 is 0 Å². The Morgan fingerprint density at radius 3 is 2.60 bits per heavy atom. The van der Waals surface area contributed by atoms with E-state index in [1.54, 1.807) is 6.92 Å². The Labute approximate surface area is 116 Å². The predicted octanol–water partition coefficient (Wildman–Crippen LogP) is 2.78. The zero-order valence-corrected chi connectivity index (χ0v) is 11.7. The van der Waals surface area contributed by atoms with Crippen LogP contribution >= 0.6 is 0 Å². The fourth-order valence-electron chi connectivity index (χ4n) is 2.13. The van der Waals surface area contributed by atoms with Crippen LogP contribution in [-0.4, -0.2) is 35.8 Å². The second kappa shape index (κ2) is 7.26. The topological polar surface area (TPSA) is 55.8 Å². The van der Waals surface area contributed by atoms with Crippen LogP contribution in [0.5, 0.6) is 0 Å². The molecule has 1 heterocycles. The predicted molar refractivity (Wildman–Crippen MR) is 64.7 cm³/mol. The Kier molecular flexibility index (Phi) is 6.26. The van der Waals surface area contributed by atoms with E-state index in [0.717, 1.165) is 12.8 Å². The van der Waals surface area contributed by atoms with Gasteiger partial charge in [-0.3, -0.25) is 4.79 Å². The highest BCUT2D eigenvalue weighted by atomic mass is 19.4. The minimum atomic E-state index is -4.67. The van der Waals surface area contributed by atoms with Gasteiger partial charge in [-0.25, -0.2) is 0 Å². The molecule has 1 N–H and O–H groups in total. The molecular formula is C13H21F3O4. The van der Waals surface area contributed by atoms with Crippen molar-refractivity contribution in [2.75, 3.05) is 0 Å². The van der Waals surface area contributed by atoms with Crippen molar-refractivity contribution >= 4 is 5.97 Å². The van der Waals surface area contributed by atoms with Crippen molar-refractivity contribution < 1.29 is 32.5 Å². The third kappa shape index (κ3) is 4.94. The largest absolute Gasteiger partial charge is 0.435 e. The van der Waals surface area contributed by atoms with Gasteiger partial charge in [-0.15, -0.1) is 0 Å². The summed E-state index contributed by atoms with van der Waals surface area (Å²) in [6.07, 6.45) is -7.36. The fourth-order valence-corrected chi connectivity index (χ4v) is 2.13. The zero-order chi connectivity index (χ0) is 15.3. The summed E-state index contributed by atoms with van der Waals surface area (Å²) in [6, 6.07) is 0. The number of esters is 1. The van der Waals surface area contributed by atoms with Gasteiger partial charge in [0, 0.05) is 12.3 Å². The number of carbonyl (C=O) groups excluding carboxylic acids is 1. The summed E-state index contributed by atoms with van der Waals surface area (Å²) in [5.74, 6) is -1.04. The molecular weight excluding hydrogens is 277 g/mol. The third-order valence-corrected chi connectivity index (χ3v) is 3.26. The lowest BCUT2D eigenvalue weighted by Gasteiger charge is -2.38. The van der Waals surface area contributed by atoms with E-state index in [1.165, 1.54) is 0 Å². The molecule has 1 rings (SSSR count). The van der Waals surface area contributed by atoms with Gasteiger partial charge in [0.2, 0.25) is 6.29 Å². The Bertz CT molecular complexity index is 319. The van der Waals surface area contributed by atoms with Gasteiger partial charge in [0.25, 0.3) is 0 Å². The lowest BCUT2D eigenvalue weighted by atomic mass is 9.95. The van der Waals surface area contributed by atoms with Crippen LogP contribution in [0, 0.1) is 5.92 Å². The van der Waals surface area contributed by atoms with Crippen LogP contribution in [0.25, 0.3) is 0 Å². The van der Waals surface area contributed by atoms with Crippen LogP contribution in [0.1, 0.15) is 46.0 Å². The highest BCUT2D eigenvalue weighted by molar-refractivity contribution is 5.69. The average molecular weight is 298 g/mol. The lowest BCUT2D eigenvalue weighted by Crippen LogP contribution is -2.52. The SMILES string of the molecule is CCCCCC(=O)OC1OC(C(F)(F)F)C(O)CC1C. The Hall–Kier alpha value is -0.820. The highest BCUT2D eigenvalue weighted by Crippen LogP contribution is 2.35. The molecule has 0 aromatic heterocycles. The number of ether oxygens (including phenoxy) is 2. The van der Waals surface area contributed by atoms with Crippen LogP contribution in [0.15, 0.2) is 0 Å². The summed E-state index contributed by atoms with van der Waals surface area (Å²) < 4.78 is 47.6. The molecule has 4 nitrogen and oxygen atoms in total. The maximum atomic E-state index is 12.7. The van der Waals surface area contributed by atoms with Gasteiger partial charge in [-0.1, -0.05) is 26.7 Å². The number of hydrogen-bond donors (Lipinski definition) is 1. The first kappa shape index (κ1) is 17.2. The van der Waals surface area contributed by atoms with Crippen molar-refractivity contribution in [2.45, 2.75) is 70.6 Å². The number of aliphatic hydroxyl groups excluding tert-OH is 1. The number of alkyl halides is 3. The lowest BCUT2D eigenvalue weighted by molar-refractivity contribution is -0.317. The third-order valence-electron chi connectivity index (χ3n) is 3.26. The van der Waals surface area contributed by atoms with E-state index in [0.29, 0.717) is 6.42 Å². The summed E-state index contributed by atoms with van der Waals surface area (Å²) in [5.41, 5.74) is 0. The van der Waals surface area contributed by atoms with Crippen LogP contribution in [0.2, 0.25) is 0 Å². The summed E-state index contributed by atoms with van der Waals surface area (Å²) in [4.78, 5) is 11.5. The van der Waals surface area contributed by atoms with Gasteiger partial charge in [0.1, 0.15) is 0 Å². The van der Waals surface area contributed by atoms with Crippen LogP contribution in [0.3, 0.4) is 0 Å². The molecule has 0 aromatic rings. The maximum absolute atomic E-state index is 12.7. The maximum Gasteiger partial charge on any atom is 0.417 e. The number of hydrogen-bond acceptors (Lipinski definition) is 4. The van der Waals surface area contributed by atoms with Crippen LogP contribution in [-0.2, 0) is 14.3 Å². The zero-order valence-electron chi connectivity index (χ0n) is 11.7. The molecule has 1 aliphatic rings. The summed E-state index contributed by atoms with van der Waals surface area (Å²) in [7, 11) is 0. The number of unbranched alkanes of at least 4 members (excludes halogenated alkanes) is 2. The average Bonchev–Trinajstić information content (AvgIpc) is 2.31. The molecule has 4 atom stereocenters. The van der Waals surface area contributed by atoms with E-state index in [4.69, 9.17) is 9.47 Å². The number of halogens is 3. The van der Waals surface area contributed by atoms with Crippen molar-refractivity contribution in [1.82, 2.24) is 0 Å². The van der Waals surface area contributed by atoms with Crippen molar-refractivity contribution in [3.05, 3.63) is 0 Å². The molecule has 118 valence electrons. The monoisotopic (exact) mass is 298 g/mol. The first-order chi connectivity index (χ1) is 9.25. The molecule has 1 aliphatic heterocycles. The van der Waals surface area contributed by atoms with Gasteiger partial charge < -0.3 is 14.6 Å². The van der Waals surface area contributed by atoms with E-state index in [2.05, 4.69) is 0 Å². The minimum absolute atomic E-state index is 0.114.